The largest absolute Gasteiger partial charge is 0.402 e. The zero-order chi connectivity index (χ0) is 8.32. The normalized spacial score (nSPS) is 30.2. The summed E-state index contributed by atoms with van der Waals surface area (Å²) in [6.45, 7) is 2.14. The Morgan fingerprint density at radius 3 is 2.91 bits per heavy atom. The summed E-state index contributed by atoms with van der Waals surface area (Å²) < 4.78 is 0. The Morgan fingerprint density at radius 1 is 1.64 bits per heavy atom. The Bertz CT molecular complexity index is 194. The molecule has 0 amide bonds. The molecule has 1 rings (SSSR count). The maximum Gasteiger partial charge on any atom is 0.0397 e. The highest BCUT2D eigenvalue weighted by molar-refractivity contribution is 5.24. The molecule has 0 saturated carbocycles. The first-order valence-corrected chi connectivity index (χ1v) is 4.09. The number of rotatable bonds is 2. The fourth-order valence-corrected chi connectivity index (χ4v) is 1.50. The average molecular weight is 152 g/mol. The summed E-state index contributed by atoms with van der Waals surface area (Å²) in [6.07, 6.45) is 8.84. The van der Waals surface area contributed by atoms with Crippen molar-refractivity contribution in [1.82, 2.24) is 0 Å². The molecular formula is C9H16N2. The van der Waals surface area contributed by atoms with Crippen LogP contribution in [0.5, 0.6) is 0 Å². The maximum absolute atomic E-state index is 6.05. The monoisotopic (exact) mass is 152 g/mol. The van der Waals surface area contributed by atoms with E-state index in [-0.39, 0.29) is 5.54 Å². The highest BCUT2D eigenvalue weighted by atomic mass is 14.8. The van der Waals surface area contributed by atoms with E-state index < -0.39 is 0 Å². The van der Waals surface area contributed by atoms with Crippen LogP contribution < -0.4 is 11.5 Å². The van der Waals surface area contributed by atoms with Crippen molar-refractivity contribution in [2.75, 3.05) is 0 Å². The molecule has 0 aromatic carbocycles. The van der Waals surface area contributed by atoms with Gasteiger partial charge in [-0.25, -0.2) is 0 Å². The summed E-state index contributed by atoms with van der Waals surface area (Å²) in [5.74, 6) is 0. The van der Waals surface area contributed by atoms with Crippen LogP contribution >= 0.6 is 0 Å². The molecule has 0 aromatic rings. The average Bonchev–Trinajstić information content (AvgIpc) is 1.86. The Hall–Kier alpha value is -0.760. The second kappa shape index (κ2) is 3.09. The molecule has 0 radical (unpaired) electrons. The molecule has 1 atom stereocenters. The van der Waals surface area contributed by atoms with E-state index in [1.54, 1.807) is 0 Å². The third kappa shape index (κ3) is 2.09. The van der Waals surface area contributed by atoms with Crippen LogP contribution in [0.25, 0.3) is 0 Å². The van der Waals surface area contributed by atoms with Crippen molar-refractivity contribution < 1.29 is 0 Å². The number of hydrogen-bond donors (Lipinski definition) is 2. The minimum atomic E-state index is -0.173. The lowest BCUT2D eigenvalue weighted by Gasteiger charge is -2.27. The van der Waals surface area contributed by atoms with Gasteiger partial charge in [0.15, 0.2) is 0 Å². The zero-order valence-electron chi connectivity index (χ0n) is 7.01. The lowest BCUT2D eigenvalue weighted by Crippen LogP contribution is -2.39. The lowest BCUT2D eigenvalue weighted by atomic mass is 9.86. The van der Waals surface area contributed by atoms with Gasteiger partial charge in [0.25, 0.3) is 0 Å². The molecule has 1 aliphatic rings. The first kappa shape index (κ1) is 8.34. The van der Waals surface area contributed by atoms with Crippen LogP contribution in [0.1, 0.15) is 26.2 Å². The van der Waals surface area contributed by atoms with Gasteiger partial charge in [0.2, 0.25) is 0 Å². The molecule has 2 heteroatoms. The van der Waals surface area contributed by atoms with Crippen molar-refractivity contribution >= 4 is 0 Å². The molecule has 62 valence electrons. The van der Waals surface area contributed by atoms with Crippen LogP contribution in [0.3, 0.4) is 0 Å². The maximum atomic E-state index is 6.05. The highest BCUT2D eigenvalue weighted by Crippen LogP contribution is 2.22. The van der Waals surface area contributed by atoms with Crippen molar-refractivity contribution in [3.63, 3.8) is 0 Å². The summed E-state index contributed by atoms with van der Waals surface area (Å²) in [6, 6.07) is 0. The number of allylic oxidation sites excluding steroid dienone is 2. The quantitative estimate of drug-likeness (QED) is 0.626. The van der Waals surface area contributed by atoms with Gasteiger partial charge in [-0.1, -0.05) is 25.5 Å². The van der Waals surface area contributed by atoms with Gasteiger partial charge in [0, 0.05) is 17.7 Å². The van der Waals surface area contributed by atoms with Crippen LogP contribution in [0.2, 0.25) is 0 Å². The standard InChI is InChI=1S/C9H16N2/c1-2-5-9(11)6-3-4-8(10)7-9/h3-4,6H,2,5,7,10-11H2,1H3. The zero-order valence-corrected chi connectivity index (χ0v) is 7.01. The summed E-state index contributed by atoms with van der Waals surface area (Å²) in [5, 5.41) is 0. The van der Waals surface area contributed by atoms with Crippen LogP contribution in [0, 0.1) is 0 Å². The Kier molecular flexibility index (Phi) is 2.35. The van der Waals surface area contributed by atoms with Crippen molar-refractivity contribution in [2.45, 2.75) is 31.7 Å². The topological polar surface area (TPSA) is 52.0 Å². The first-order chi connectivity index (χ1) is 5.16. The van der Waals surface area contributed by atoms with Crippen molar-refractivity contribution in [2.24, 2.45) is 11.5 Å². The molecule has 1 unspecified atom stereocenters. The fourth-order valence-electron chi connectivity index (χ4n) is 1.50. The van der Waals surface area contributed by atoms with E-state index in [0.717, 1.165) is 25.0 Å². The molecule has 11 heavy (non-hydrogen) atoms. The van der Waals surface area contributed by atoms with E-state index in [0.29, 0.717) is 0 Å². The smallest absolute Gasteiger partial charge is 0.0397 e. The molecule has 2 nitrogen and oxygen atoms in total. The number of hydrogen-bond acceptors (Lipinski definition) is 2. The van der Waals surface area contributed by atoms with Crippen LogP contribution in [0.4, 0.5) is 0 Å². The predicted molar refractivity (Wildman–Crippen MR) is 47.9 cm³/mol. The van der Waals surface area contributed by atoms with Gasteiger partial charge in [-0.05, 0) is 12.5 Å². The van der Waals surface area contributed by atoms with Gasteiger partial charge in [0.05, 0.1) is 0 Å². The van der Waals surface area contributed by atoms with E-state index in [4.69, 9.17) is 11.5 Å². The molecule has 0 fully saturated rings. The van der Waals surface area contributed by atoms with Crippen molar-refractivity contribution in [3.05, 3.63) is 23.9 Å². The highest BCUT2D eigenvalue weighted by Gasteiger charge is 2.22. The third-order valence-electron chi connectivity index (χ3n) is 1.99. The second-order valence-corrected chi connectivity index (χ2v) is 3.26. The van der Waals surface area contributed by atoms with E-state index >= 15 is 0 Å². The molecule has 0 bridgehead atoms. The van der Waals surface area contributed by atoms with Crippen LogP contribution in [-0.2, 0) is 0 Å². The molecule has 0 spiro atoms. The molecule has 0 heterocycles. The molecule has 0 aromatic heterocycles. The van der Waals surface area contributed by atoms with E-state index in [1.807, 2.05) is 18.2 Å². The molecule has 0 saturated heterocycles. The molecule has 1 aliphatic carbocycles. The third-order valence-corrected chi connectivity index (χ3v) is 1.99. The van der Waals surface area contributed by atoms with E-state index in [9.17, 15) is 0 Å². The first-order valence-electron chi connectivity index (χ1n) is 4.09. The fraction of sp³-hybridized carbons (Fsp3) is 0.556. The number of nitrogens with two attached hydrogens (primary N) is 2. The summed E-state index contributed by atoms with van der Waals surface area (Å²) >= 11 is 0. The van der Waals surface area contributed by atoms with Crippen LogP contribution in [0.15, 0.2) is 23.9 Å². The van der Waals surface area contributed by atoms with Gasteiger partial charge in [-0.2, -0.15) is 0 Å². The van der Waals surface area contributed by atoms with E-state index in [1.165, 1.54) is 0 Å². The van der Waals surface area contributed by atoms with Crippen molar-refractivity contribution in [3.8, 4) is 0 Å². The van der Waals surface area contributed by atoms with Crippen LogP contribution in [-0.4, -0.2) is 5.54 Å². The van der Waals surface area contributed by atoms with Gasteiger partial charge >= 0.3 is 0 Å². The molecule has 0 aliphatic heterocycles. The van der Waals surface area contributed by atoms with Gasteiger partial charge < -0.3 is 11.5 Å². The Morgan fingerprint density at radius 2 is 2.36 bits per heavy atom. The molecular weight excluding hydrogens is 136 g/mol. The SMILES string of the molecule is CCCC1(N)C=CC=C(N)C1. The van der Waals surface area contributed by atoms with Gasteiger partial charge in [-0.3, -0.25) is 0 Å². The summed E-state index contributed by atoms with van der Waals surface area (Å²) in [7, 11) is 0. The minimum Gasteiger partial charge on any atom is -0.402 e. The van der Waals surface area contributed by atoms with Crippen molar-refractivity contribution in [1.29, 1.82) is 0 Å². The van der Waals surface area contributed by atoms with Gasteiger partial charge in [0.1, 0.15) is 0 Å². The molecule has 4 N–H and O–H groups in total. The van der Waals surface area contributed by atoms with E-state index in [2.05, 4.69) is 6.92 Å². The van der Waals surface area contributed by atoms with Gasteiger partial charge in [-0.15, -0.1) is 0 Å². The predicted octanol–water partition coefficient (Wildman–Crippen LogP) is 1.29. The lowest BCUT2D eigenvalue weighted by molar-refractivity contribution is 0.469. The second-order valence-electron chi connectivity index (χ2n) is 3.26. The summed E-state index contributed by atoms with van der Waals surface area (Å²) in [4.78, 5) is 0. The Labute approximate surface area is 68.0 Å². The summed E-state index contributed by atoms with van der Waals surface area (Å²) in [5.41, 5.74) is 12.4. The minimum absolute atomic E-state index is 0.173. The Balaban J connectivity index is 2.62.